The van der Waals surface area contributed by atoms with Crippen LogP contribution in [0.2, 0.25) is 0 Å². The molecule has 0 saturated carbocycles. The summed E-state index contributed by atoms with van der Waals surface area (Å²) in [6.45, 7) is 5.76. The van der Waals surface area contributed by atoms with Crippen LogP contribution in [0, 0.1) is 5.92 Å². The Labute approximate surface area is 129 Å². The minimum atomic E-state index is -0.915. The third-order valence-electron chi connectivity index (χ3n) is 2.85. The molecule has 21 heavy (non-hydrogen) atoms. The maximum absolute atomic E-state index is 12.2. The van der Waals surface area contributed by atoms with Crippen LogP contribution in [-0.2, 0) is 4.79 Å². The Balaban J connectivity index is 2.71. The number of aliphatic carboxylic acids is 1. The number of hydrogen-bond donors (Lipinski definition) is 2. The Morgan fingerprint density at radius 3 is 2.62 bits per heavy atom. The summed E-state index contributed by atoms with van der Waals surface area (Å²) in [7, 11) is 0. The van der Waals surface area contributed by atoms with E-state index in [0.717, 1.165) is 10.6 Å². The molecule has 0 aromatic heterocycles. The minimum absolute atomic E-state index is 0.126. The highest BCUT2D eigenvalue weighted by atomic mass is 32.2. The van der Waals surface area contributed by atoms with Crippen molar-refractivity contribution >= 4 is 23.6 Å². The fourth-order valence-electron chi connectivity index (χ4n) is 1.51. The van der Waals surface area contributed by atoms with E-state index in [1.807, 2.05) is 26.0 Å². The van der Waals surface area contributed by atoms with Crippen LogP contribution in [0.25, 0.3) is 0 Å². The van der Waals surface area contributed by atoms with Crippen LogP contribution < -0.4 is 5.32 Å². The van der Waals surface area contributed by atoms with Crippen LogP contribution in [-0.4, -0.2) is 29.3 Å². The molecule has 2 N–H and O–H groups in total. The molecule has 1 amide bonds. The zero-order valence-electron chi connectivity index (χ0n) is 12.6. The summed E-state index contributed by atoms with van der Waals surface area (Å²) in [6.07, 6.45) is 2.10. The number of benzene rings is 1. The number of thioether (sulfide) groups is 1. The monoisotopic (exact) mass is 307 g/mol. The van der Waals surface area contributed by atoms with Crippen molar-refractivity contribution in [2.45, 2.75) is 25.7 Å². The Morgan fingerprint density at radius 2 is 2.00 bits per heavy atom. The molecule has 1 rings (SSSR count). The van der Waals surface area contributed by atoms with E-state index in [1.54, 1.807) is 30.8 Å². The van der Waals surface area contributed by atoms with Crippen LogP contribution in [0.5, 0.6) is 0 Å². The standard InChI is InChI=1S/C16H21NO3S/c1-11(2)8-9-21-14-7-5-4-6-13(14)15(18)17-10-12(3)16(19)20/h4-8,12H,9-10H2,1-3H3,(H,17,18)(H,19,20). The average Bonchev–Trinajstić information content (AvgIpc) is 2.44. The van der Waals surface area contributed by atoms with Crippen LogP contribution >= 0.6 is 11.8 Å². The zero-order valence-corrected chi connectivity index (χ0v) is 13.4. The van der Waals surface area contributed by atoms with E-state index in [2.05, 4.69) is 11.4 Å². The number of carboxylic acids is 1. The first kappa shape index (κ1) is 17.3. The Kier molecular flexibility index (Phi) is 7.02. The number of hydrogen-bond acceptors (Lipinski definition) is 3. The van der Waals surface area contributed by atoms with E-state index in [4.69, 9.17) is 5.11 Å². The second-order valence-electron chi connectivity index (χ2n) is 5.04. The largest absolute Gasteiger partial charge is 0.481 e. The molecule has 4 nitrogen and oxygen atoms in total. The maximum atomic E-state index is 12.2. The number of rotatable bonds is 7. The van der Waals surface area contributed by atoms with Crippen molar-refractivity contribution in [3.8, 4) is 0 Å². The van der Waals surface area contributed by atoms with Gasteiger partial charge in [-0.3, -0.25) is 9.59 Å². The maximum Gasteiger partial charge on any atom is 0.308 e. The molecule has 1 atom stereocenters. The second-order valence-corrected chi connectivity index (χ2v) is 6.10. The first-order valence-electron chi connectivity index (χ1n) is 6.78. The molecule has 0 bridgehead atoms. The van der Waals surface area contributed by atoms with Crippen molar-refractivity contribution in [2.75, 3.05) is 12.3 Å². The Bertz CT molecular complexity index is 536. The molecule has 5 heteroatoms. The lowest BCUT2D eigenvalue weighted by molar-refractivity contribution is -0.140. The molecule has 1 aromatic rings. The van der Waals surface area contributed by atoms with Gasteiger partial charge in [0.25, 0.3) is 5.91 Å². The second kappa shape index (κ2) is 8.52. The molecule has 0 aliphatic carbocycles. The van der Waals surface area contributed by atoms with Gasteiger partial charge < -0.3 is 10.4 Å². The number of nitrogens with one attached hydrogen (secondary N) is 1. The van der Waals surface area contributed by atoms with Crippen molar-refractivity contribution in [1.82, 2.24) is 5.32 Å². The van der Waals surface area contributed by atoms with Gasteiger partial charge in [-0.1, -0.05) is 30.7 Å². The highest BCUT2D eigenvalue weighted by molar-refractivity contribution is 7.99. The van der Waals surface area contributed by atoms with Gasteiger partial charge in [-0.2, -0.15) is 0 Å². The quantitative estimate of drug-likeness (QED) is 0.600. The lowest BCUT2D eigenvalue weighted by Gasteiger charge is -2.11. The number of carboxylic acid groups (broad SMARTS) is 1. The van der Waals surface area contributed by atoms with E-state index in [1.165, 1.54) is 5.57 Å². The van der Waals surface area contributed by atoms with Gasteiger partial charge >= 0.3 is 5.97 Å². The van der Waals surface area contributed by atoms with Gasteiger partial charge in [0.15, 0.2) is 0 Å². The van der Waals surface area contributed by atoms with E-state index in [0.29, 0.717) is 5.56 Å². The number of allylic oxidation sites excluding steroid dienone is 1. The van der Waals surface area contributed by atoms with Crippen molar-refractivity contribution in [3.05, 3.63) is 41.5 Å². The highest BCUT2D eigenvalue weighted by Gasteiger charge is 2.15. The Hall–Kier alpha value is -1.75. The predicted octanol–water partition coefficient (Wildman–Crippen LogP) is 3.20. The lowest BCUT2D eigenvalue weighted by atomic mass is 10.1. The third-order valence-corrected chi connectivity index (χ3v) is 3.85. The topological polar surface area (TPSA) is 66.4 Å². The first-order valence-corrected chi connectivity index (χ1v) is 7.76. The fourth-order valence-corrected chi connectivity index (χ4v) is 2.59. The summed E-state index contributed by atoms with van der Waals surface area (Å²) < 4.78 is 0. The normalized spacial score (nSPS) is 11.6. The average molecular weight is 307 g/mol. The molecule has 0 saturated heterocycles. The molecule has 0 aliphatic rings. The predicted molar refractivity (Wildman–Crippen MR) is 85.7 cm³/mol. The van der Waals surface area contributed by atoms with Crippen LogP contribution in [0.1, 0.15) is 31.1 Å². The molecule has 0 aliphatic heterocycles. The van der Waals surface area contributed by atoms with Crippen LogP contribution in [0.15, 0.2) is 40.8 Å². The summed E-state index contributed by atoms with van der Waals surface area (Å²) in [5, 5.41) is 11.5. The van der Waals surface area contributed by atoms with Crippen LogP contribution in [0.4, 0.5) is 0 Å². The van der Waals surface area contributed by atoms with Gasteiger partial charge in [0.1, 0.15) is 0 Å². The van der Waals surface area contributed by atoms with Crippen molar-refractivity contribution in [1.29, 1.82) is 0 Å². The molecule has 1 unspecified atom stereocenters. The van der Waals surface area contributed by atoms with Crippen molar-refractivity contribution < 1.29 is 14.7 Å². The van der Waals surface area contributed by atoms with Gasteiger partial charge in [-0.15, -0.1) is 11.8 Å². The zero-order chi connectivity index (χ0) is 15.8. The highest BCUT2D eigenvalue weighted by Crippen LogP contribution is 2.23. The van der Waals surface area contributed by atoms with Gasteiger partial charge in [-0.05, 0) is 26.0 Å². The first-order chi connectivity index (χ1) is 9.91. The molecular weight excluding hydrogens is 286 g/mol. The van der Waals surface area contributed by atoms with E-state index in [-0.39, 0.29) is 12.5 Å². The fraction of sp³-hybridized carbons (Fsp3) is 0.375. The molecular formula is C16H21NO3S. The molecule has 114 valence electrons. The van der Waals surface area contributed by atoms with Crippen LogP contribution in [0.3, 0.4) is 0 Å². The summed E-state index contributed by atoms with van der Waals surface area (Å²) in [5.41, 5.74) is 1.82. The van der Waals surface area contributed by atoms with Gasteiger partial charge in [0, 0.05) is 17.2 Å². The van der Waals surface area contributed by atoms with Crippen molar-refractivity contribution in [3.63, 3.8) is 0 Å². The number of carbonyl (C=O) groups excluding carboxylic acids is 1. The summed E-state index contributed by atoms with van der Waals surface area (Å²) >= 11 is 1.59. The van der Waals surface area contributed by atoms with Crippen molar-refractivity contribution in [2.24, 2.45) is 5.92 Å². The van der Waals surface area contributed by atoms with E-state index in [9.17, 15) is 9.59 Å². The summed E-state index contributed by atoms with van der Waals surface area (Å²) in [6, 6.07) is 7.35. The lowest BCUT2D eigenvalue weighted by Crippen LogP contribution is -2.31. The minimum Gasteiger partial charge on any atom is -0.481 e. The molecule has 0 fully saturated rings. The van der Waals surface area contributed by atoms with E-state index < -0.39 is 11.9 Å². The molecule has 0 spiro atoms. The Morgan fingerprint density at radius 1 is 1.33 bits per heavy atom. The SMILES string of the molecule is CC(C)=CCSc1ccccc1C(=O)NCC(C)C(=O)O. The van der Waals surface area contributed by atoms with Gasteiger partial charge in [0.2, 0.25) is 0 Å². The third kappa shape index (κ3) is 6.04. The number of carbonyl (C=O) groups is 2. The number of amides is 1. The van der Waals surface area contributed by atoms with Gasteiger partial charge in [0.05, 0.1) is 11.5 Å². The molecule has 0 heterocycles. The molecule has 1 aromatic carbocycles. The smallest absolute Gasteiger partial charge is 0.308 e. The van der Waals surface area contributed by atoms with E-state index >= 15 is 0 Å². The van der Waals surface area contributed by atoms with Gasteiger partial charge in [-0.25, -0.2) is 0 Å². The summed E-state index contributed by atoms with van der Waals surface area (Å²) in [5.74, 6) is -0.942. The molecule has 0 radical (unpaired) electrons. The summed E-state index contributed by atoms with van der Waals surface area (Å²) in [4.78, 5) is 23.8.